The van der Waals surface area contributed by atoms with Gasteiger partial charge in [-0.15, -0.1) is 0 Å². The Balaban J connectivity index is 2.52. The number of nitrogens with zero attached hydrogens (tertiary/aromatic N) is 1. The van der Waals surface area contributed by atoms with Gasteiger partial charge in [-0.2, -0.15) is 0 Å². The van der Waals surface area contributed by atoms with E-state index in [0.717, 1.165) is 0 Å². The molecule has 0 atom stereocenters. The maximum atomic E-state index is 11.5. The normalized spacial score (nSPS) is 11.1. The van der Waals surface area contributed by atoms with Crippen molar-refractivity contribution in [3.63, 3.8) is 0 Å². The quantitative estimate of drug-likeness (QED) is 0.777. The van der Waals surface area contributed by atoms with Gasteiger partial charge in [-0.1, -0.05) is 20.8 Å². The maximum Gasteiger partial charge on any atom is 0.252 e. The fourth-order valence-electron chi connectivity index (χ4n) is 0.945. The lowest BCUT2D eigenvalue weighted by Gasteiger charge is -2.18. The number of rotatable bonds is 2. The predicted octanol–water partition coefficient (Wildman–Crippen LogP) is 1.86. The van der Waals surface area contributed by atoms with Gasteiger partial charge in [0.2, 0.25) is 0 Å². The zero-order chi connectivity index (χ0) is 10.6. The third kappa shape index (κ3) is 3.56. The van der Waals surface area contributed by atoms with Crippen LogP contribution in [0.1, 0.15) is 31.1 Å². The van der Waals surface area contributed by atoms with Gasteiger partial charge in [-0.05, 0) is 17.5 Å². The fourth-order valence-corrected chi connectivity index (χ4v) is 0.945. The summed E-state index contributed by atoms with van der Waals surface area (Å²) in [5, 5.41) is 2.86. The van der Waals surface area contributed by atoms with E-state index in [4.69, 9.17) is 0 Å². The molecular weight excluding hydrogens is 176 g/mol. The van der Waals surface area contributed by atoms with Gasteiger partial charge in [0.05, 0.1) is 5.56 Å². The molecular formula is C11H16N2O. The van der Waals surface area contributed by atoms with Gasteiger partial charge in [0.15, 0.2) is 0 Å². The predicted molar refractivity (Wildman–Crippen MR) is 56.0 cm³/mol. The summed E-state index contributed by atoms with van der Waals surface area (Å²) in [4.78, 5) is 15.4. The van der Waals surface area contributed by atoms with Crippen molar-refractivity contribution < 1.29 is 4.79 Å². The highest BCUT2D eigenvalue weighted by Gasteiger charge is 2.12. The molecule has 3 nitrogen and oxygen atoms in total. The molecule has 0 aliphatic carbocycles. The minimum Gasteiger partial charge on any atom is -0.351 e. The van der Waals surface area contributed by atoms with Crippen LogP contribution in [0.25, 0.3) is 0 Å². The number of hydrogen-bond acceptors (Lipinski definition) is 2. The van der Waals surface area contributed by atoms with Crippen molar-refractivity contribution in [1.82, 2.24) is 10.3 Å². The van der Waals surface area contributed by atoms with Crippen LogP contribution >= 0.6 is 0 Å². The monoisotopic (exact) mass is 192 g/mol. The summed E-state index contributed by atoms with van der Waals surface area (Å²) in [6.45, 7) is 6.91. The van der Waals surface area contributed by atoms with Crippen LogP contribution in [0.15, 0.2) is 24.5 Å². The van der Waals surface area contributed by atoms with Crippen LogP contribution in [0.5, 0.6) is 0 Å². The van der Waals surface area contributed by atoms with E-state index in [0.29, 0.717) is 12.1 Å². The van der Waals surface area contributed by atoms with E-state index in [9.17, 15) is 4.79 Å². The molecule has 0 spiro atoms. The van der Waals surface area contributed by atoms with E-state index in [-0.39, 0.29) is 11.3 Å². The Kier molecular flexibility index (Phi) is 3.23. The van der Waals surface area contributed by atoms with Crippen LogP contribution in [0.3, 0.4) is 0 Å². The summed E-state index contributed by atoms with van der Waals surface area (Å²) in [7, 11) is 0. The lowest BCUT2D eigenvalue weighted by Crippen LogP contribution is -2.32. The fraction of sp³-hybridized carbons (Fsp3) is 0.455. The third-order valence-electron chi connectivity index (χ3n) is 1.70. The summed E-state index contributed by atoms with van der Waals surface area (Å²) in [5.41, 5.74) is 0.717. The van der Waals surface area contributed by atoms with E-state index < -0.39 is 0 Å². The van der Waals surface area contributed by atoms with Gasteiger partial charge in [0, 0.05) is 18.9 Å². The van der Waals surface area contributed by atoms with Gasteiger partial charge >= 0.3 is 0 Å². The van der Waals surface area contributed by atoms with E-state index in [2.05, 4.69) is 31.1 Å². The van der Waals surface area contributed by atoms with Crippen molar-refractivity contribution >= 4 is 5.91 Å². The van der Waals surface area contributed by atoms with Crippen molar-refractivity contribution in [3.05, 3.63) is 30.1 Å². The SMILES string of the molecule is CC(C)(C)CNC(=O)c1cccnc1. The van der Waals surface area contributed by atoms with Crippen molar-refractivity contribution in [2.24, 2.45) is 5.41 Å². The second kappa shape index (κ2) is 4.22. The molecule has 14 heavy (non-hydrogen) atoms. The Hall–Kier alpha value is -1.38. The molecule has 76 valence electrons. The van der Waals surface area contributed by atoms with Crippen molar-refractivity contribution in [3.8, 4) is 0 Å². The Bertz CT molecular complexity index is 301. The van der Waals surface area contributed by atoms with E-state index in [1.807, 2.05) is 0 Å². The standard InChI is InChI=1S/C11H16N2O/c1-11(2,3)8-13-10(14)9-5-4-6-12-7-9/h4-7H,8H2,1-3H3,(H,13,14). The van der Waals surface area contributed by atoms with Crippen LogP contribution < -0.4 is 5.32 Å². The highest BCUT2D eigenvalue weighted by Crippen LogP contribution is 2.10. The van der Waals surface area contributed by atoms with Gasteiger partial charge in [0.1, 0.15) is 0 Å². The molecule has 1 rings (SSSR count). The average molecular weight is 192 g/mol. The molecule has 1 N–H and O–H groups in total. The molecule has 0 radical (unpaired) electrons. The Labute approximate surface area is 84.6 Å². The Morgan fingerprint density at radius 1 is 1.50 bits per heavy atom. The van der Waals surface area contributed by atoms with Gasteiger partial charge in [-0.25, -0.2) is 0 Å². The second-order valence-electron chi connectivity index (χ2n) is 4.49. The summed E-state index contributed by atoms with van der Waals surface area (Å²) in [5.74, 6) is -0.0620. The topological polar surface area (TPSA) is 42.0 Å². The molecule has 3 heteroatoms. The highest BCUT2D eigenvalue weighted by atomic mass is 16.1. The maximum absolute atomic E-state index is 11.5. The van der Waals surface area contributed by atoms with E-state index in [1.165, 1.54) is 0 Å². The zero-order valence-corrected chi connectivity index (χ0v) is 8.87. The number of pyridine rings is 1. The third-order valence-corrected chi connectivity index (χ3v) is 1.70. The van der Waals surface area contributed by atoms with Gasteiger partial charge in [-0.3, -0.25) is 9.78 Å². The molecule has 0 aromatic carbocycles. The first-order valence-corrected chi connectivity index (χ1v) is 4.67. The summed E-state index contributed by atoms with van der Waals surface area (Å²) in [6.07, 6.45) is 3.22. The van der Waals surface area contributed by atoms with Crippen LogP contribution in [0.2, 0.25) is 0 Å². The minimum absolute atomic E-state index is 0.0620. The minimum atomic E-state index is -0.0620. The number of nitrogens with one attached hydrogen (secondary N) is 1. The van der Waals surface area contributed by atoms with Crippen LogP contribution in [0.4, 0.5) is 0 Å². The van der Waals surface area contributed by atoms with Crippen molar-refractivity contribution in [2.75, 3.05) is 6.54 Å². The molecule has 0 unspecified atom stereocenters. The summed E-state index contributed by atoms with van der Waals surface area (Å²) < 4.78 is 0. The molecule has 0 fully saturated rings. The molecule has 1 aromatic heterocycles. The molecule has 1 aromatic rings. The number of amides is 1. The van der Waals surface area contributed by atoms with Gasteiger partial charge in [0.25, 0.3) is 5.91 Å². The largest absolute Gasteiger partial charge is 0.351 e. The highest BCUT2D eigenvalue weighted by molar-refractivity contribution is 5.93. The molecule has 0 bridgehead atoms. The smallest absolute Gasteiger partial charge is 0.252 e. The van der Waals surface area contributed by atoms with E-state index >= 15 is 0 Å². The van der Waals surface area contributed by atoms with Crippen LogP contribution in [-0.2, 0) is 0 Å². The number of aromatic nitrogens is 1. The molecule has 1 heterocycles. The summed E-state index contributed by atoms with van der Waals surface area (Å²) in [6, 6.07) is 3.51. The van der Waals surface area contributed by atoms with Crippen LogP contribution in [-0.4, -0.2) is 17.4 Å². The molecule has 0 saturated carbocycles. The lowest BCUT2D eigenvalue weighted by molar-refractivity contribution is 0.0939. The zero-order valence-electron chi connectivity index (χ0n) is 8.87. The number of carbonyl (C=O) groups is 1. The second-order valence-corrected chi connectivity index (χ2v) is 4.49. The van der Waals surface area contributed by atoms with Crippen molar-refractivity contribution in [1.29, 1.82) is 0 Å². The first kappa shape index (κ1) is 10.7. The Morgan fingerprint density at radius 2 is 2.21 bits per heavy atom. The summed E-state index contributed by atoms with van der Waals surface area (Å²) >= 11 is 0. The molecule has 0 aliphatic heterocycles. The number of hydrogen-bond donors (Lipinski definition) is 1. The average Bonchev–Trinajstić information content (AvgIpc) is 2.14. The van der Waals surface area contributed by atoms with E-state index in [1.54, 1.807) is 24.5 Å². The first-order chi connectivity index (χ1) is 6.49. The first-order valence-electron chi connectivity index (χ1n) is 4.67. The molecule has 0 saturated heterocycles. The lowest BCUT2D eigenvalue weighted by atomic mass is 9.97. The number of carbonyl (C=O) groups excluding carboxylic acids is 1. The van der Waals surface area contributed by atoms with Gasteiger partial charge < -0.3 is 5.32 Å². The molecule has 0 aliphatic rings. The molecule has 1 amide bonds. The van der Waals surface area contributed by atoms with Crippen LogP contribution in [0, 0.1) is 5.41 Å². The Morgan fingerprint density at radius 3 is 2.71 bits per heavy atom. The van der Waals surface area contributed by atoms with Crippen molar-refractivity contribution in [2.45, 2.75) is 20.8 Å².